The van der Waals surface area contributed by atoms with Crippen LogP contribution in [0, 0.1) is 0 Å². The topological polar surface area (TPSA) is 21.3 Å². The molecule has 0 heterocycles. The van der Waals surface area contributed by atoms with Crippen molar-refractivity contribution in [3.63, 3.8) is 0 Å². The Bertz CT molecular complexity index is 323. The second kappa shape index (κ2) is 4.97. The lowest BCUT2D eigenvalue weighted by Gasteiger charge is -2.34. The summed E-state index contributed by atoms with van der Waals surface area (Å²) in [6, 6.07) is 8.48. The Labute approximate surface area is 95.6 Å². The first kappa shape index (κ1) is 10.9. The van der Waals surface area contributed by atoms with Gasteiger partial charge in [-0.15, -0.1) is 0 Å². The van der Waals surface area contributed by atoms with Crippen molar-refractivity contribution in [2.45, 2.75) is 31.6 Å². The molecule has 1 aromatic rings. The number of hydrogen-bond acceptors (Lipinski definition) is 2. The van der Waals surface area contributed by atoms with E-state index in [0.717, 1.165) is 23.4 Å². The van der Waals surface area contributed by atoms with Crippen molar-refractivity contribution in [1.82, 2.24) is 5.32 Å². The highest BCUT2D eigenvalue weighted by atomic mass is 35.5. The minimum Gasteiger partial charge on any atom is -0.373 e. The number of benzene rings is 1. The summed E-state index contributed by atoms with van der Waals surface area (Å²) in [6.07, 6.45) is 2.63. The number of halogens is 1. The Morgan fingerprint density at radius 3 is 2.80 bits per heavy atom. The van der Waals surface area contributed by atoms with Gasteiger partial charge in [0.15, 0.2) is 0 Å². The molecule has 1 fully saturated rings. The predicted octanol–water partition coefficient (Wildman–Crippen LogP) is 2.61. The molecule has 1 aliphatic carbocycles. The molecule has 0 bridgehead atoms. The van der Waals surface area contributed by atoms with Crippen molar-refractivity contribution < 1.29 is 4.74 Å². The highest BCUT2D eigenvalue weighted by Crippen LogP contribution is 2.25. The molecule has 0 aromatic heterocycles. The van der Waals surface area contributed by atoms with Crippen LogP contribution < -0.4 is 5.32 Å². The average Bonchev–Trinajstić information content (AvgIpc) is 2.18. The summed E-state index contributed by atoms with van der Waals surface area (Å²) >= 11 is 6.03. The van der Waals surface area contributed by atoms with Gasteiger partial charge in [0.25, 0.3) is 0 Å². The Kier molecular flexibility index (Phi) is 3.62. The fraction of sp³-hybridized carbons (Fsp3) is 0.500. The fourth-order valence-corrected chi connectivity index (χ4v) is 1.95. The van der Waals surface area contributed by atoms with E-state index in [0.29, 0.717) is 18.8 Å². The smallest absolute Gasteiger partial charge is 0.0735 e. The van der Waals surface area contributed by atoms with E-state index in [4.69, 9.17) is 16.3 Å². The van der Waals surface area contributed by atoms with Gasteiger partial charge < -0.3 is 10.1 Å². The van der Waals surface area contributed by atoms with E-state index < -0.39 is 0 Å². The van der Waals surface area contributed by atoms with Gasteiger partial charge in [-0.05, 0) is 31.5 Å². The van der Waals surface area contributed by atoms with E-state index >= 15 is 0 Å². The Balaban J connectivity index is 1.77. The minimum absolute atomic E-state index is 0.402. The summed E-state index contributed by atoms with van der Waals surface area (Å²) in [6.45, 7) is 0.626. The highest BCUT2D eigenvalue weighted by Gasteiger charge is 2.28. The molecule has 1 saturated carbocycles. The van der Waals surface area contributed by atoms with Crippen LogP contribution in [0.25, 0.3) is 0 Å². The summed E-state index contributed by atoms with van der Waals surface area (Å²) in [5.41, 5.74) is 1.08. The van der Waals surface area contributed by atoms with Gasteiger partial charge in [-0.1, -0.05) is 29.8 Å². The minimum atomic E-state index is 0.402. The molecule has 0 saturated heterocycles. The van der Waals surface area contributed by atoms with E-state index in [-0.39, 0.29) is 0 Å². The molecule has 15 heavy (non-hydrogen) atoms. The zero-order chi connectivity index (χ0) is 10.7. The molecule has 2 nitrogen and oxygen atoms in total. The van der Waals surface area contributed by atoms with E-state index in [9.17, 15) is 0 Å². The first-order valence-corrected chi connectivity index (χ1v) is 5.69. The summed E-state index contributed by atoms with van der Waals surface area (Å²) < 4.78 is 5.75. The third-order valence-corrected chi connectivity index (χ3v) is 3.30. The van der Waals surface area contributed by atoms with Gasteiger partial charge in [-0.2, -0.15) is 0 Å². The Morgan fingerprint density at radius 2 is 2.13 bits per heavy atom. The number of ether oxygens (including phenoxy) is 1. The molecular weight excluding hydrogens is 210 g/mol. The highest BCUT2D eigenvalue weighted by molar-refractivity contribution is 6.31. The zero-order valence-electron chi connectivity index (χ0n) is 8.87. The maximum Gasteiger partial charge on any atom is 0.0735 e. The summed E-state index contributed by atoms with van der Waals surface area (Å²) in [4.78, 5) is 0. The summed E-state index contributed by atoms with van der Waals surface area (Å²) in [7, 11) is 1.99. The molecule has 0 aliphatic heterocycles. The summed E-state index contributed by atoms with van der Waals surface area (Å²) in [5.74, 6) is 0. The van der Waals surface area contributed by atoms with Gasteiger partial charge >= 0.3 is 0 Å². The van der Waals surface area contributed by atoms with Crippen LogP contribution in [-0.4, -0.2) is 19.2 Å². The third kappa shape index (κ3) is 2.71. The van der Waals surface area contributed by atoms with Crippen LogP contribution in [0.4, 0.5) is 0 Å². The van der Waals surface area contributed by atoms with Crippen molar-refractivity contribution in [2.24, 2.45) is 0 Å². The molecule has 0 amide bonds. The van der Waals surface area contributed by atoms with Crippen molar-refractivity contribution >= 4 is 11.6 Å². The lowest BCUT2D eigenvalue weighted by molar-refractivity contribution is -0.0250. The number of hydrogen-bond donors (Lipinski definition) is 1. The van der Waals surface area contributed by atoms with Crippen LogP contribution in [0.3, 0.4) is 0 Å². The van der Waals surface area contributed by atoms with Crippen LogP contribution >= 0.6 is 11.6 Å². The van der Waals surface area contributed by atoms with Crippen molar-refractivity contribution in [2.75, 3.05) is 7.05 Å². The first-order valence-electron chi connectivity index (χ1n) is 5.32. The molecule has 0 radical (unpaired) electrons. The van der Waals surface area contributed by atoms with Gasteiger partial charge in [0.05, 0.1) is 12.7 Å². The fourth-order valence-electron chi connectivity index (χ4n) is 1.76. The monoisotopic (exact) mass is 225 g/mol. The zero-order valence-corrected chi connectivity index (χ0v) is 9.63. The normalized spacial score (nSPS) is 24.9. The van der Waals surface area contributed by atoms with Crippen LogP contribution in [0.15, 0.2) is 24.3 Å². The number of rotatable bonds is 4. The maximum absolute atomic E-state index is 6.03. The molecule has 1 aromatic carbocycles. The molecule has 1 aliphatic rings. The molecule has 2 rings (SSSR count). The van der Waals surface area contributed by atoms with Crippen molar-refractivity contribution in [1.29, 1.82) is 0 Å². The Hall–Kier alpha value is -0.570. The van der Waals surface area contributed by atoms with Gasteiger partial charge in [0.2, 0.25) is 0 Å². The van der Waals surface area contributed by atoms with Crippen LogP contribution in [-0.2, 0) is 11.3 Å². The molecule has 1 N–H and O–H groups in total. The second-order valence-corrected chi connectivity index (χ2v) is 4.39. The van der Waals surface area contributed by atoms with Crippen LogP contribution in [0.2, 0.25) is 5.02 Å². The van der Waals surface area contributed by atoms with Crippen molar-refractivity contribution in [3.8, 4) is 0 Å². The third-order valence-electron chi connectivity index (χ3n) is 2.94. The predicted molar refractivity (Wildman–Crippen MR) is 62.1 cm³/mol. The largest absolute Gasteiger partial charge is 0.373 e. The quantitative estimate of drug-likeness (QED) is 0.851. The average molecular weight is 226 g/mol. The van der Waals surface area contributed by atoms with E-state index in [1.54, 1.807) is 0 Å². The molecule has 0 spiro atoms. The van der Waals surface area contributed by atoms with Crippen molar-refractivity contribution in [3.05, 3.63) is 34.9 Å². The maximum atomic E-state index is 6.03. The van der Waals surface area contributed by atoms with E-state index in [1.807, 2.05) is 31.3 Å². The molecule has 0 unspecified atom stereocenters. The lowest BCUT2D eigenvalue weighted by atomic mass is 9.89. The lowest BCUT2D eigenvalue weighted by Crippen LogP contribution is -2.43. The standard InChI is InChI=1S/C12H16ClNO/c1-14-10-6-11(7-10)15-8-9-4-2-3-5-12(9)13/h2-5,10-11,14H,6-8H2,1H3. The van der Waals surface area contributed by atoms with Crippen LogP contribution in [0.1, 0.15) is 18.4 Å². The van der Waals surface area contributed by atoms with Crippen LogP contribution in [0.5, 0.6) is 0 Å². The number of nitrogens with one attached hydrogen (secondary N) is 1. The van der Waals surface area contributed by atoms with E-state index in [2.05, 4.69) is 5.32 Å². The SMILES string of the molecule is CNC1CC(OCc2ccccc2Cl)C1. The molecule has 0 atom stereocenters. The molecule has 82 valence electrons. The Morgan fingerprint density at radius 1 is 1.40 bits per heavy atom. The van der Waals surface area contributed by atoms with Gasteiger partial charge in [0.1, 0.15) is 0 Å². The van der Waals surface area contributed by atoms with Gasteiger partial charge in [-0.25, -0.2) is 0 Å². The second-order valence-electron chi connectivity index (χ2n) is 3.98. The molecular formula is C12H16ClNO. The first-order chi connectivity index (χ1) is 7.29. The summed E-state index contributed by atoms with van der Waals surface area (Å²) in [5, 5.41) is 4.03. The van der Waals surface area contributed by atoms with Gasteiger partial charge in [0, 0.05) is 11.1 Å². The molecule has 3 heteroatoms. The van der Waals surface area contributed by atoms with E-state index in [1.165, 1.54) is 0 Å². The van der Waals surface area contributed by atoms with Gasteiger partial charge in [-0.3, -0.25) is 0 Å².